The van der Waals surface area contributed by atoms with Crippen LogP contribution in [0.2, 0.25) is 0 Å². The zero-order valence-electron chi connectivity index (χ0n) is 8.35. The number of hydrazine groups is 1. The Morgan fingerprint density at radius 2 is 2.11 bits per heavy atom. The third-order valence-electron chi connectivity index (χ3n) is 1.83. The van der Waals surface area contributed by atoms with Gasteiger partial charge in [-0.2, -0.15) is 13.2 Å². The third kappa shape index (κ3) is 2.45. The van der Waals surface area contributed by atoms with E-state index in [1.165, 1.54) is 5.43 Å². The fraction of sp³-hybridized carbons (Fsp3) is 0.143. The fourth-order valence-electron chi connectivity index (χ4n) is 1.08. The van der Waals surface area contributed by atoms with Gasteiger partial charge in [-0.1, -0.05) is 0 Å². The van der Waals surface area contributed by atoms with Crippen LogP contribution in [0.15, 0.2) is 6.07 Å². The van der Waals surface area contributed by atoms with E-state index in [0.29, 0.717) is 0 Å². The lowest BCUT2D eigenvalue weighted by Crippen LogP contribution is -2.31. The van der Waals surface area contributed by atoms with Gasteiger partial charge < -0.3 is 5.11 Å². The Morgan fingerprint density at radius 3 is 2.50 bits per heavy atom. The van der Waals surface area contributed by atoms with E-state index in [9.17, 15) is 28.1 Å². The van der Waals surface area contributed by atoms with Crippen LogP contribution in [0, 0.1) is 10.1 Å². The monoisotopic (exact) mass is 266 g/mol. The van der Waals surface area contributed by atoms with E-state index >= 15 is 0 Å². The molecule has 18 heavy (non-hydrogen) atoms. The summed E-state index contributed by atoms with van der Waals surface area (Å²) < 4.78 is 37.1. The van der Waals surface area contributed by atoms with Gasteiger partial charge >= 0.3 is 11.9 Å². The van der Waals surface area contributed by atoms with Gasteiger partial charge in [0.15, 0.2) is 0 Å². The highest BCUT2D eigenvalue weighted by atomic mass is 19.4. The van der Waals surface area contributed by atoms with Crippen molar-refractivity contribution in [3.63, 3.8) is 0 Å². The van der Waals surface area contributed by atoms with E-state index in [1.807, 2.05) is 0 Å². The minimum absolute atomic E-state index is 0.00685. The number of alkyl halides is 3. The zero-order chi connectivity index (χ0) is 14.1. The maximum Gasteiger partial charge on any atom is 0.421 e. The molecule has 1 amide bonds. The number of hydrogen-bond acceptors (Lipinski definition) is 6. The SMILES string of the molecule is NNC(=O)c1nc(O)c(C(F)(F)F)cc1[N+](=O)[O-]. The van der Waals surface area contributed by atoms with E-state index in [1.54, 1.807) is 0 Å². The lowest BCUT2D eigenvalue weighted by molar-refractivity contribution is -0.385. The molecule has 0 aliphatic heterocycles. The predicted molar refractivity (Wildman–Crippen MR) is 49.2 cm³/mol. The summed E-state index contributed by atoms with van der Waals surface area (Å²) in [6.45, 7) is 0. The topological polar surface area (TPSA) is 131 Å². The number of nitro groups is 1. The average Bonchev–Trinajstić information content (AvgIpc) is 2.25. The van der Waals surface area contributed by atoms with Crippen LogP contribution in [0.5, 0.6) is 5.88 Å². The highest BCUT2D eigenvalue weighted by Crippen LogP contribution is 2.37. The second-order valence-electron chi connectivity index (χ2n) is 2.96. The lowest BCUT2D eigenvalue weighted by atomic mass is 10.2. The summed E-state index contributed by atoms with van der Waals surface area (Å²) in [5.74, 6) is 1.83. The molecule has 0 saturated carbocycles. The number of amides is 1. The standard InChI is InChI=1S/C7H5F3N4O4/c8-7(9,10)2-1-3(14(17)18)4(6(16)13-11)12-5(2)15/h1H,11H2,(H,12,15)(H,13,16). The van der Waals surface area contributed by atoms with Crippen LogP contribution >= 0.6 is 0 Å². The molecule has 11 heteroatoms. The molecule has 0 spiro atoms. The fourth-order valence-corrected chi connectivity index (χ4v) is 1.08. The molecule has 0 saturated heterocycles. The van der Waals surface area contributed by atoms with Crippen molar-refractivity contribution in [1.82, 2.24) is 10.4 Å². The molecule has 1 rings (SSSR count). The molecule has 1 aromatic rings. The Kier molecular flexibility index (Phi) is 3.37. The first-order valence-electron chi connectivity index (χ1n) is 4.15. The first-order valence-corrected chi connectivity index (χ1v) is 4.15. The van der Waals surface area contributed by atoms with Gasteiger partial charge in [0.2, 0.25) is 11.6 Å². The molecule has 8 nitrogen and oxygen atoms in total. The van der Waals surface area contributed by atoms with Gasteiger partial charge in [-0.25, -0.2) is 10.8 Å². The number of aromatic nitrogens is 1. The summed E-state index contributed by atoms with van der Waals surface area (Å²) in [7, 11) is 0. The first-order chi connectivity index (χ1) is 8.18. The van der Waals surface area contributed by atoms with Crippen molar-refractivity contribution in [3.05, 3.63) is 27.4 Å². The van der Waals surface area contributed by atoms with E-state index in [4.69, 9.17) is 5.11 Å². The maximum absolute atomic E-state index is 12.4. The van der Waals surface area contributed by atoms with Crippen molar-refractivity contribution in [1.29, 1.82) is 0 Å². The highest BCUT2D eigenvalue weighted by Gasteiger charge is 2.38. The molecular weight excluding hydrogens is 261 g/mol. The summed E-state index contributed by atoms with van der Waals surface area (Å²) in [4.78, 5) is 23.2. The second-order valence-corrected chi connectivity index (χ2v) is 2.96. The molecule has 4 N–H and O–H groups in total. The number of pyridine rings is 1. The van der Waals surface area contributed by atoms with Crippen LogP contribution in [-0.2, 0) is 6.18 Å². The number of carbonyl (C=O) groups excluding carboxylic acids is 1. The van der Waals surface area contributed by atoms with Crippen molar-refractivity contribution in [2.24, 2.45) is 5.84 Å². The van der Waals surface area contributed by atoms with Crippen LogP contribution in [0.1, 0.15) is 16.1 Å². The Hall–Kier alpha value is -2.43. The zero-order valence-corrected chi connectivity index (χ0v) is 8.35. The van der Waals surface area contributed by atoms with E-state index < -0.39 is 39.8 Å². The Bertz CT molecular complexity index is 516. The molecule has 1 heterocycles. The number of carbonyl (C=O) groups is 1. The van der Waals surface area contributed by atoms with Gasteiger partial charge in [0.25, 0.3) is 5.91 Å². The van der Waals surface area contributed by atoms with Crippen molar-refractivity contribution in [3.8, 4) is 5.88 Å². The molecule has 0 aliphatic carbocycles. The van der Waals surface area contributed by atoms with Gasteiger partial charge in [0.1, 0.15) is 5.56 Å². The van der Waals surface area contributed by atoms with E-state index in [0.717, 1.165) is 0 Å². The molecule has 0 bridgehead atoms. The highest BCUT2D eigenvalue weighted by molar-refractivity contribution is 5.96. The van der Waals surface area contributed by atoms with Crippen molar-refractivity contribution in [2.75, 3.05) is 0 Å². The van der Waals surface area contributed by atoms with Gasteiger partial charge in [0.05, 0.1) is 4.92 Å². The molecule has 98 valence electrons. The molecule has 0 atom stereocenters. The van der Waals surface area contributed by atoms with Crippen LogP contribution in [-0.4, -0.2) is 20.9 Å². The number of rotatable bonds is 2. The molecule has 0 aromatic carbocycles. The van der Waals surface area contributed by atoms with Crippen LogP contribution < -0.4 is 11.3 Å². The third-order valence-corrected chi connectivity index (χ3v) is 1.83. The number of nitrogens with zero attached hydrogens (tertiary/aromatic N) is 2. The van der Waals surface area contributed by atoms with E-state index in [-0.39, 0.29) is 6.07 Å². The Labute approximate surface area is 96.3 Å². The number of nitrogens with two attached hydrogens (primary N) is 1. The van der Waals surface area contributed by atoms with Crippen LogP contribution in [0.4, 0.5) is 18.9 Å². The van der Waals surface area contributed by atoms with Crippen molar-refractivity contribution in [2.45, 2.75) is 6.18 Å². The molecule has 0 fully saturated rings. The minimum Gasteiger partial charge on any atom is -0.493 e. The number of nitrogen functional groups attached to an aromatic ring is 1. The number of aromatic hydroxyl groups is 1. The predicted octanol–water partition coefficient (Wildman–Crippen LogP) is 0.318. The lowest BCUT2D eigenvalue weighted by Gasteiger charge is -2.09. The van der Waals surface area contributed by atoms with Crippen molar-refractivity contribution >= 4 is 11.6 Å². The van der Waals surface area contributed by atoms with Crippen molar-refractivity contribution < 1.29 is 28.0 Å². The molecule has 1 aromatic heterocycles. The van der Waals surface area contributed by atoms with Gasteiger partial charge in [-0.05, 0) is 0 Å². The van der Waals surface area contributed by atoms with Gasteiger partial charge in [0, 0.05) is 6.07 Å². The number of hydrogen-bond donors (Lipinski definition) is 3. The average molecular weight is 266 g/mol. The van der Waals surface area contributed by atoms with E-state index in [2.05, 4.69) is 10.8 Å². The smallest absolute Gasteiger partial charge is 0.421 e. The Balaban J connectivity index is 3.54. The Morgan fingerprint density at radius 1 is 1.56 bits per heavy atom. The molecular formula is C7H5F3N4O4. The summed E-state index contributed by atoms with van der Waals surface area (Å²) in [5.41, 5.74) is -2.50. The first kappa shape index (κ1) is 13.6. The normalized spacial score (nSPS) is 11.1. The molecule has 0 radical (unpaired) electrons. The summed E-state index contributed by atoms with van der Waals surface area (Å²) in [6, 6.07) is 0.00685. The summed E-state index contributed by atoms with van der Waals surface area (Å²) >= 11 is 0. The van der Waals surface area contributed by atoms with Crippen LogP contribution in [0.25, 0.3) is 0 Å². The summed E-state index contributed by atoms with van der Waals surface area (Å²) in [5, 5.41) is 19.5. The quantitative estimate of drug-likeness (QED) is 0.305. The molecule has 0 aliphatic rings. The van der Waals surface area contributed by atoms with Gasteiger partial charge in [-0.15, -0.1) is 0 Å². The number of nitrogens with one attached hydrogen (secondary N) is 1. The van der Waals surface area contributed by atoms with Crippen LogP contribution in [0.3, 0.4) is 0 Å². The summed E-state index contributed by atoms with van der Waals surface area (Å²) in [6.07, 6.45) is -5.04. The minimum atomic E-state index is -5.04. The largest absolute Gasteiger partial charge is 0.493 e. The number of halogens is 3. The molecule has 0 unspecified atom stereocenters. The maximum atomic E-state index is 12.4. The van der Waals surface area contributed by atoms with Gasteiger partial charge in [-0.3, -0.25) is 20.3 Å². The second kappa shape index (κ2) is 4.44.